The zero-order chi connectivity index (χ0) is 10.1. The second-order valence-corrected chi connectivity index (χ2v) is 5.01. The first-order chi connectivity index (χ1) is 5.94. The van der Waals surface area contributed by atoms with Gasteiger partial charge in [0.2, 0.25) is 0 Å². The van der Waals surface area contributed by atoms with Gasteiger partial charge < -0.3 is 5.11 Å². The van der Waals surface area contributed by atoms with Gasteiger partial charge in [-0.25, -0.2) is 0 Å². The van der Waals surface area contributed by atoms with Gasteiger partial charge in [0.15, 0.2) is 0 Å². The van der Waals surface area contributed by atoms with Gasteiger partial charge in [-0.15, -0.1) is 0 Å². The molecule has 0 aromatic rings. The standard InChI is InChI=1S/C12H22O/c1-9(2)5-6-12(13)8-10(3)7-11(12)4/h7,9,11,13H,5-6,8H2,1-4H3. The Morgan fingerprint density at radius 2 is 2.23 bits per heavy atom. The number of hydrogen-bond acceptors (Lipinski definition) is 1. The van der Waals surface area contributed by atoms with E-state index in [-0.39, 0.29) is 0 Å². The third kappa shape index (κ3) is 2.57. The molecule has 0 heterocycles. The first-order valence-corrected chi connectivity index (χ1v) is 5.34. The zero-order valence-electron chi connectivity index (χ0n) is 9.30. The minimum Gasteiger partial charge on any atom is -0.389 e. The van der Waals surface area contributed by atoms with Crippen molar-refractivity contribution in [1.29, 1.82) is 0 Å². The molecule has 13 heavy (non-hydrogen) atoms. The highest BCUT2D eigenvalue weighted by Crippen LogP contribution is 2.38. The molecule has 1 heteroatoms. The summed E-state index contributed by atoms with van der Waals surface area (Å²) in [7, 11) is 0. The summed E-state index contributed by atoms with van der Waals surface area (Å²) in [5.41, 5.74) is 0.910. The van der Waals surface area contributed by atoms with Crippen LogP contribution in [0.15, 0.2) is 11.6 Å². The van der Waals surface area contributed by atoms with Crippen molar-refractivity contribution in [2.24, 2.45) is 11.8 Å². The van der Waals surface area contributed by atoms with E-state index in [0.717, 1.165) is 19.3 Å². The lowest BCUT2D eigenvalue weighted by molar-refractivity contribution is 0.00335. The summed E-state index contributed by atoms with van der Waals surface area (Å²) < 4.78 is 0. The molecule has 1 N–H and O–H groups in total. The first kappa shape index (κ1) is 10.8. The van der Waals surface area contributed by atoms with E-state index in [1.807, 2.05) is 0 Å². The number of hydrogen-bond donors (Lipinski definition) is 1. The van der Waals surface area contributed by atoms with Crippen molar-refractivity contribution >= 4 is 0 Å². The lowest BCUT2D eigenvalue weighted by Gasteiger charge is -2.28. The second-order valence-electron chi connectivity index (χ2n) is 5.01. The van der Waals surface area contributed by atoms with Crippen molar-refractivity contribution in [3.8, 4) is 0 Å². The van der Waals surface area contributed by atoms with E-state index < -0.39 is 5.60 Å². The normalized spacial score (nSPS) is 34.0. The predicted octanol–water partition coefficient (Wildman–Crippen LogP) is 3.14. The SMILES string of the molecule is CC1=CC(C)C(O)(CCC(C)C)C1. The number of rotatable bonds is 3. The van der Waals surface area contributed by atoms with Gasteiger partial charge in [0, 0.05) is 5.92 Å². The van der Waals surface area contributed by atoms with Crippen LogP contribution in [0.25, 0.3) is 0 Å². The van der Waals surface area contributed by atoms with Crippen LogP contribution in [0.3, 0.4) is 0 Å². The van der Waals surface area contributed by atoms with E-state index in [1.165, 1.54) is 5.57 Å². The molecule has 1 aliphatic carbocycles. The minimum absolute atomic E-state index is 0.339. The molecule has 0 aliphatic heterocycles. The maximum atomic E-state index is 10.3. The Kier molecular flexibility index (Phi) is 3.18. The average molecular weight is 182 g/mol. The Hall–Kier alpha value is -0.300. The second kappa shape index (κ2) is 3.83. The molecule has 1 rings (SSSR count). The molecule has 0 spiro atoms. The quantitative estimate of drug-likeness (QED) is 0.665. The lowest BCUT2D eigenvalue weighted by atomic mass is 9.84. The maximum absolute atomic E-state index is 10.3. The van der Waals surface area contributed by atoms with Crippen molar-refractivity contribution in [1.82, 2.24) is 0 Å². The average Bonchev–Trinajstić information content (AvgIpc) is 2.23. The van der Waals surface area contributed by atoms with Gasteiger partial charge >= 0.3 is 0 Å². The topological polar surface area (TPSA) is 20.2 Å². The Labute approximate surface area is 81.9 Å². The summed E-state index contributed by atoms with van der Waals surface area (Å²) in [6.45, 7) is 8.66. The van der Waals surface area contributed by atoms with Crippen LogP contribution in [-0.4, -0.2) is 10.7 Å². The fraction of sp³-hybridized carbons (Fsp3) is 0.833. The Morgan fingerprint density at radius 3 is 2.62 bits per heavy atom. The van der Waals surface area contributed by atoms with Crippen molar-refractivity contribution in [2.45, 2.75) is 52.6 Å². The summed E-state index contributed by atoms with van der Waals surface area (Å²) in [4.78, 5) is 0. The first-order valence-electron chi connectivity index (χ1n) is 5.34. The molecule has 76 valence electrons. The number of aliphatic hydroxyl groups is 1. The highest BCUT2D eigenvalue weighted by molar-refractivity contribution is 5.17. The van der Waals surface area contributed by atoms with E-state index in [4.69, 9.17) is 0 Å². The molecule has 0 saturated heterocycles. The fourth-order valence-electron chi connectivity index (χ4n) is 2.14. The summed E-state index contributed by atoms with van der Waals surface area (Å²) in [6.07, 6.45) is 5.16. The minimum atomic E-state index is -0.436. The van der Waals surface area contributed by atoms with Crippen molar-refractivity contribution in [2.75, 3.05) is 0 Å². The third-order valence-corrected chi connectivity index (χ3v) is 3.12. The predicted molar refractivity (Wildman–Crippen MR) is 56.6 cm³/mol. The van der Waals surface area contributed by atoms with Crippen LogP contribution in [0, 0.1) is 11.8 Å². The summed E-state index contributed by atoms with van der Waals surface area (Å²) >= 11 is 0. The molecule has 0 bridgehead atoms. The Balaban J connectivity index is 2.49. The molecule has 1 nitrogen and oxygen atoms in total. The highest BCUT2D eigenvalue weighted by atomic mass is 16.3. The van der Waals surface area contributed by atoms with Crippen molar-refractivity contribution in [3.05, 3.63) is 11.6 Å². The van der Waals surface area contributed by atoms with Gasteiger partial charge in [-0.3, -0.25) is 0 Å². The summed E-state index contributed by atoms with van der Waals surface area (Å²) in [5, 5.41) is 10.3. The smallest absolute Gasteiger partial charge is 0.0744 e. The fourth-order valence-corrected chi connectivity index (χ4v) is 2.14. The molecular weight excluding hydrogens is 160 g/mol. The van der Waals surface area contributed by atoms with Crippen LogP contribution in [0.1, 0.15) is 47.0 Å². The maximum Gasteiger partial charge on any atom is 0.0744 e. The molecular formula is C12H22O. The molecule has 2 atom stereocenters. The highest BCUT2D eigenvalue weighted by Gasteiger charge is 2.36. The van der Waals surface area contributed by atoms with Gasteiger partial charge in [-0.05, 0) is 32.1 Å². The van der Waals surface area contributed by atoms with Crippen LogP contribution < -0.4 is 0 Å². The molecule has 0 amide bonds. The Bertz CT molecular complexity index is 205. The van der Waals surface area contributed by atoms with Gasteiger partial charge in [-0.1, -0.05) is 32.4 Å². The third-order valence-electron chi connectivity index (χ3n) is 3.12. The molecule has 2 unspecified atom stereocenters. The lowest BCUT2D eigenvalue weighted by Crippen LogP contribution is -2.32. The summed E-state index contributed by atoms with van der Waals surface area (Å²) in [5.74, 6) is 1.03. The van der Waals surface area contributed by atoms with Crippen LogP contribution in [0.4, 0.5) is 0 Å². The monoisotopic (exact) mass is 182 g/mol. The Morgan fingerprint density at radius 1 is 1.62 bits per heavy atom. The van der Waals surface area contributed by atoms with Gasteiger partial charge in [-0.2, -0.15) is 0 Å². The van der Waals surface area contributed by atoms with Crippen molar-refractivity contribution in [3.63, 3.8) is 0 Å². The molecule has 0 radical (unpaired) electrons. The van der Waals surface area contributed by atoms with E-state index >= 15 is 0 Å². The largest absolute Gasteiger partial charge is 0.389 e. The molecule has 1 aliphatic rings. The van der Waals surface area contributed by atoms with Crippen LogP contribution >= 0.6 is 0 Å². The van der Waals surface area contributed by atoms with Gasteiger partial charge in [0.1, 0.15) is 0 Å². The van der Waals surface area contributed by atoms with Gasteiger partial charge in [0.25, 0.3) is 0 Å². The van der Waals surface area contributed by atoms with Crippen LogP contribution in [-0.2, 0) is 0 Å². The summed E-state index contributed by atoms with van der Waals surface area (Å²) in [6, 6.07) is 0. The van der Waals surface area contributed by atoms with Gasteiger partial charge in [0.05, 0.1) is 5.60 Å². The molecule has 0 saturated carbocycles. The van der Waals surface area contributed by atoms with Crippen LogP contribution in [0.5, 0.6) is 0 Å². The van der Waals surface area contributed by atoms with E-state index in [9.17, 15) is 5.11 Å². The van der Waals surface area contributed by atoms with Crippen LogP contribution in [0.2, 0.25) is 0 Å². The molecule has 0 fully saturated rings. The van der Waals surface area contributed by atoms with E-state index in [1.54, 1.807) is 0 Å². The van der Waals surface area contributed by atoms with Crippen molar-refractivity contribution < 1.29 is 5.11 Å². The van der Waals surface area contributed by atoms with E-state index in [0.29, 0.717) is 11.8 Å². The zero-order valence-corrected chi connectivity index (χ0v) is 9.30. The molecule has 0 aromatic carbocycles. The molecule has 0 aromatic heterocycles. The van der Waals surface area contributed by atoms with E-state index in [2.05, 4.69) is 33.8 Å².